The van der Waals surface area contributed by atoms with Crippen LogP contribution in [0.25, 0.3) is 0 Å². The summed E-state index contributed by atoms with van der Waals surface area (Å²) in [7, 11) is 0. The molecule has 2 unspecified atom stereocenters. The summed E-state index contributed by atoms with van der Waals surface area (Å²) in [6.45, 7) is 0.124. The lowest BCUT2D eigenvalue weighted by molar-refractivity contribution is -0.142. The summed E-state index contributed by atoms with van der Waals surface area (Å²) >= 11 is 0. The molecule has 1 aliphatic rings. The lowest BCUT2D eigenvalue weighted by Crippen LogP contribution is -2.42. The van der Waals surface area contributed by atoms with Crippen LogP contribution in [0.4, 0.5) is 0 Å². The highest BCUT2D eigenvalue weighted by atomic mass is 16.5. The van der Waals surface area contributed by atoms with E-state index in [1.807, 2.05) is 0 Å². The Hall–Kier alpha value is -2.35. The minimum Gasteiger partial charge on any atom is -0.494 e. The van der Waals surface area contributed by atoms with Crippen molar-refractivity contribution in [2.45, 2.75) is 6.04 Å². The Kier molecular flexibility index (Phi) is 3.52. The normalized spacial score (nSPS) is 22.1. The van der Waals surface area contributed by atoms with Crippen LogP contribution in [0, 0.1) is 5.92 Å². The predicted molar refractivity (Wildman–Crippen MR) is 61.9 cm³/mol. The van der Waals surface area contributed by atoms with Crippen LogP contribution >= 0.6 is 0 Å². The van der Waals surface area contributed by atoms with E-state index >= 15 is 0 Å². The number of H-pyrrole nitrogens is 1. The average molecular weight is 268 g/mol. The lowest BCUT2D eigenvalue weighted by atomic mass is 10.0. The zero-order valence-corrected chi connectivity index (χ0v) is 9.75. The molecule has 1 fully saturated rings. The van der Waals surface area contributed by atoms with Crippen molar-refractivity contribution in [3.63, 3.8) is 0 Å². The van der Waals surface area contributed by atoms with Gasteiger partial charge >= 0.3 is 5.97 Å². The number of aromatic nitrogens is 1. The maximum atomic E-state index is 11.8. The predicted octanol–water partition coefficient (Wildman–Crippen LogP) is -1.09. The SMILES string of the molecule is O=C(NC1COCC1C(=O)O)c1cc(O)[nH]c(=O)c1. The molecule has 1 saturated heterocycles. The van der Waals surface area contributed by atoms with Gasteiger partial charge in [-0.2, -0.15) is 0 Å². The number of carbonyl (C=O) groups excluding carboxylic acids is 1. The van der Waals surface area contributed by atoms with Gasteiger partial charge in [-0.25, -0.2) is 0 Å². The number of hydrogen-bond donors (Lipinski definition) is 4. The van der Waals surface area contributed by atoms with Gasteiger partial charge in [-0.3, -0.25) is 19.4 Å². The van der Waals surface area contributed by atoms with Crippen LogP contribution in [0.5, 0.6) is 5.88 Å². The second kappa shape index (κ2) is 5.11. The molecule has 1 aromatic heterocycles. The van der Waals surface area contributed by atoms with Crippen molar-refractivity contribution in [1.29, 1.82) is 0 Å². The minimum atomic E-state index is -1.06. The third-order valence-electron chi connectivity index (χ3n) is 2.81. The Morgan fingerprint density at radius 2 is 2.11 bits per heavy atom. The fourth-order valence-corrected chi connectivity index (χ4v) is 1.85. The van der Waals surface area contributed by atoms with Crippen LogP contribution in [0.2, 0.25) is 0 Å². The molecule has 8 nitrogen and oxygen atoms in total. The van der Waals surface area contributed by atoms with Crippen LogP contribution in [0.1, 0.15) is 10.4 Å². The molecule has 1 amide bonds. The first kappa shape index (κ1) is 13.1. The molecule has 0 aromatic carbocycles. The standard InChI is InChI=1S/C11H12N2O6/c14-8-1-5(2-9(15)13-8)10(16)12-7-4-19-3-6(7)11(17)18/h1-2,6-7H,3-4H2,(H,12,16)(H,17,18)(H2,13,14,15). The molecule has 4 N–H and O–H groups in total. The zero-order chi connectivity index (χ0) is 14.0. The molecule has 102 valence electrons. The van der Waals surface area contributed by atoms with E-state index in [9.17, 15) is 19.5 Å². The summed E-state index contributed by atoms with van der Waals surface area (Å²) in [6, 6.07) is 1.44. The van der Waals surface area contributed by atoms with E-state index in [0.717, 1.165) is 12.1 Å². The molecule has 2 rings (SSSR count). The van der Waals surface area contributed by atoms with E-state index < -0.39 is 35.3 Å². The Morgan fingerprint density at radius 3 is 2.74 bits per heavy atom. The van der Waals surface area contributed by atoms with Crippen molar-refractivity contribution in [1.82, 2.24) is 10.3 Å². The monoisotopic (exact) mass is 268 g/mol. The maximum Gasteiger partial charge on any atom is 0.311 e. The van der Waals surface area contributed by atoms with Crippen LogP contribution in [-0.4, -0.2) is 46.3 Å². The number of hydrogen-bond acceptors (Lipinski definition) is 5. The van der Waals surface area contributed by atoms with E-state index in [-0.39, 0.29) is 18.8 Å². The number of rotatable bonds is 3. The number of aromatic hydroxyl groups is 1. The smallest absolute Gasteiger partial charge is 0.311 e. The van der Waals surface area contributed by atoms with Gasteiger partial charge in [0.25, 0.3) is 11.5 Å². The number of carboxylic acids is 1. The van der Waals surface area contributed by atoms with Gasteiger partial charge in [0.2, 0.25) is 0 Å². The second-order valence-electron chi connectivity index (χ2n) is 4.18. The van der Waals surface area contributed by atoms with Crippen molar-refractivity contribution in [2.24, 2.45) is 5.92 Å². The molecule has 0 spiro atoms. The number of aliphatic carboxylic acids is 1. The van der Waals surface area contributed by atoms with Crippen molar-refractivity contribution < 1.29 is 24.5 Å². The molecule has 8 heteroatoms. The molecule has 2 atom stereocenters. The number of amides is 1. The van der Waals surface area contributed by atoms with E-state index in [2.05, 4.69) is 10.3 Å². The average Bonchev–Trinajstić information content (AvgIpc) is 2.75. The van der Waals surface area contributed by atoms with E-state index in [1.54, 1.807) is 0 Å². The summed E-state index contributed by atoms with van der Waals surface area (Å²) < 4.78 is 5.00. The third kappa shape index (κ3) is 2.91. The first-order valence-electron chi connectivity index (χ1n) is 5.52. The van der Waals surface area contributed by atoms with Gasteiger partial charge in [0, 0.05) is 12.1 Å². The van der Waals surface area contributed by atoms with E-state index in [1.165, 1.54) is 0 Å². The quantitative estimate of drug-likeness (QED) is 0.551. The van der Waals surface area contributed by atoms with Gasteiger partial charge in [-0.15, -0.1) is 0 Å². The van der Waals surface area contributed by atoms with Crippen molar-refractivity contribution in [3.8, 4) is 5.88 Å². The van der Waals surface area contributed by atoms with Crippen LogP contribution in [0.3, 0.4) is 0 Å². The number of carboxylic acid groups (broad SMARTS) is 1. The van der Waals surface area contributed by atoms with Crippen molar-refractivity contribution in [3.05, 3.63) is 28.0 Å². The number of pyridine rings is 1. The minimum absolute atomic E-state index is 0.0287. The largest absolute Gasteiger partial charge is 0.494 e. The maximum absolute atomic E-state index is 11.8. The molecule has 1 aliphatic heterocycles. The molecule has 1 aromatic rings. The number of aromatic amines is 1. The Morgan fingerprint density at radius 1 is 1.37 bits per heavy atom. The summed E-state index contributed by atoms with van der Waals surface area (Å²) in [5.41, 5.74) is -0.667. The van der Waals surface area contributed by atoms with E-state index in [4.69, 9.17) is 9.84 Å². The van der Waals surface area contributed by atoms with Crippen LogP contribution < -0.4 is 10.9 Å². The summed E-state index contributed by atoms with van der Waals surface area (Å²) in [6.07, 6.45) is 0. The summed E-state index contributed by atoms with van der Waals surface area (Å²) in [4.78, 5) is 36.0. The topological polar surface area (TPSA) is 129 Å². The Bertz CT molecular complexity index is 567. The highest BCUT2D eigenvalue weighted by Gasteiger charge is 2.35. The van der Waals surface area contributed by atoms with E-state index in [0.29, 0.717) is 0 Å². The highest BCUT2D eigenvalue weighted by Crippen LogP contribution is 2.15. The van der Waals surface area contributed by atoms with Crippen LogP contribution in [-0.2, 0) is 9.53 Å². The molecule has 0 saturated carbocycles. The zero-order valence-electron chi connectivity index (χ0n) is 9.75. The van der Waals surface area contributed by atoms with Gasteiger partial charge < -0.3 is 20.3 Å². The lowest BCUT2D eigenvalue weighted by Gasteiger charge is -2.15. The fourth-order valence-electron chi connectivity index (χ4n) is 1.85. The molecular weight excluding hydrogens is 256 g/mol. The van der Waals surface area contributed by atoms with Crippen LogP contribution in [0.15, 0.2) is 16.9 Å². The van der Waals surface area contributed by atoms with Gasteiger partial charge in [-0.05, 0) is 0 Å². The number of nitrogens with one attached hydrogen (secondary N) is 2. The summed E-state index contributed by atoms with van der Waals surface area (Å²) in [5, 5.41) is 20.6. The first-order chi connectivity index (χ1) is 8.97. The third-order valence-corrected chi connectivity index (χ3v) is 2.81. The number of ether oxygens (including phenoxy) is 1. The summed E-state index contributed by atoms with van der Waals surface area (Å²) in [5.74, 6) is -2.95. The van der Waals surface area contributed by atoms with Crippen molar-refractivity contribution >= 4 is 11.9 Å². The Balaban J connectivity index is 2.12. The van der Waals surface area contributed by atoms with Gasteiger partial charge in [0.05, 0.1) is 24.8 Å². The van der Waals surface area contributed by atoms with Crippen molar-refractivity contribution in [2.75, 3.05) is 13.2 Å². The van der Waals surface area contributed by atoms with Gasteiger partial charge in [0.15, 0.2) is 5.88 Å². The fraction of sp³-hybridized carbons (Fsp3) is 0.364. The van der Waals surface area contributed by atoms with Gasteiger partial charge in [0.1, 0.15) is 5.92 Å². The Labute approximate surface area is 107 Å². The highest BCUT2D eigenvalue weighted by molar-refractivity contribution is 5.94. The van der Waals surface area contributed by atoms with Gasteiger partial charge in [-0.1, -0.05) is 0 Å². The molecule has 0 bridgehead atoms. The molecule has 0 aliphatic carbocycles. The molecule has 19 heavy (non-hydrogen) atoms. The molecule has 0 radical (unpaired) electrons. The number of carbonyl (C=O) groups is 2. The molecule has 2 heterocycles. The second-order valence-corrected chi connectivity index (χ2v) is 4.18. The first-order valence-corrected chi connectivity index (χ1v) is 5.52. The molecular formula is C11H12N2O6.